The van der Waals surface area contributed by atoms with Gasteiger partial charge in [0, 0.05) is 36.1 Å². The summed E-state index contributed by atoms with van der Waals surface area (Å²) in [6, 6.07) is 13.6. The van der Waals surface area contributed by atoms with Gasteiger partial charge in [-0.1, -0.05) is 48.0 Å². The van der Waals surface area contributed by atoms with Gasteiger partial charge in [-0.05, 0) is 37.3 Å². The van der Waals surface area contributed by atoms with Crippen LogP contribution in [-0.4, -0.2) is 34.0 Å². The normalized spacial score (nSPS) is 28.7. The molecule has 7 heteroatoms. The van der Waals surface area contributed by atoms with E-state index in [0.29, 0.717) is 31.2 Å². The summed E-state index contributed by atoms with van der Waals surface area (Å²) in [5.74, 6) is -0.483. The molecule has 2 aromatic carbocycles. The molecule has 3 fully saturated rings. The Balaban J connectivity index is 1.23. The van der Waals surface area contributed by atoms with Crippen LogP contribution in [0.5, 0.6) is 0 Å². The Kier molecular flexibility index (Phi) is 4.42. The maximum absolute atomic E-state index is 14.2. The number of fused-ring (bicyclic) bond motifs is 1. The van der Waals surface area contributed by atoms with Crippen molar-refractivity contribution in [3.05, 3.63) is 71.6 Å². The fraction of sp³-hybridized carbons (Fsp3) is 0.400. The second kappa shape index (κ2) is 7.22. The van der Waals surface area contributed by atoms with Crippen molar-refractivity contribution in [1.29, 1.82) is 0 Å². The Morgan fingerprint density at radius 2 is 1.88 bits per heavy atom. The molecule has 5 nitrogen and oxygen atoms in total. The molecule has 0 unspecified atom stereocenters. The molecule has 6 rings (SSSR count). The highest BCUT2D eigenvalue weighted by atomic mass is 19.1. The van der Waals surface area contributed by atoms with Crippen LogP contribution >= 0.6 is 0 Å². The van der Waals surface area contributed by atoms with Gasteiger partial charge in [0.05, 0.1) is 5.41 Å². The van der Waals surface area contributed by atoms with Gasteiger partial charge in [0.1, 0.15) is 11.6 Å². The van der Waals surface area contributed by atoms with Crippen LogP contribution in [0.25, 0.3) is 11.4 Å². The SMILES string of the molecule is O=C([C@@H]1C[C@@H]1c1c(F)cccc1F)N1C[C@H]2CCC[C@@]2(c2nc(-c3ccccc3)no2)C1. The molecule has 0 radical (unpaired) electrons. The van der Waals surface area contributed by atoms with Gasteiger partial charge in [0.15, 0.2) is 0 Å². The molecule has 1 aromatic heterocycles. The second-order valence-corrected chi connectivity index (χ2v) is 9.34. The highest BCUT2D eigenvalue weighted by Crippen LogP contribution is 2.54. The number of likely N-dealkylation sites (tertiary alicyclic amines) is 1. The maximum Gasteiger partial charge on any atom is 0.235 e. The first-order chi connectivity index (χ1) is 15.6. The number of hydrogen-bond acceptors (Lipinski definition) is 4. The number of carbonyl (C=O) groups excluding carboxylic acids is 1. The van der Waals surface area contributed by atoms with Gasteiger partial charge in [0.2, 0.25) is 17.6 Å². The van der Waals surface area contributed by atoms with Gasteiger partial charge < -0.3 is 9.42 Å². The van der Waals surface area contributed by atoms with E-state index in [9.17, 15) is 13.6 Å². The number of benzene rings is 2. The minimum Gasteiger partial charge on any atom is -0.341 e. The van der Waals surface area contributed by atoms with Crippen molar-refractivity contribution in [2.24, 2.45) is 11.8 Å². The summed E-state index contributed by atoms with van der Waals surface area (Å²) in [6.45, 7) is 1.15. The smallest absolute Gasteiger partial charge is 0.235 e. The first kappa shape index (κ1) is 19.6. The molecule has 32 heavy (non-hydrogen) atoms. The van der Waals surface area contributed by atoms with Gasteiger partial charge >= 0.3 is 0 Å². The molecular formula is C25H23F2N3O2. The van der Waals surface area contributed by atoms with Crippen LogP contribution in [0.1, 0.15) is 43.1 Å². The molecule has 3 aromatic rings. The van der Waals surface area contributed by atoms with Gasteiger partial charge in [0.25, 0.3) is 0 Å². The van der Waals surface area contributed by atoms with Crippen LogP contribution in [0.4, 0.5) is 8.78 Å². The Hall–Kier alpha value is -3.09. The molecular weight excluding hydrogens is 412 g/mol. The molecule has 4 atom stereocenters. The molecule has 0 bridgehead atoms. The Bertz CT molecular complexity index is 1160. The predicted octanol–water partition coefficient (Wildman–Crippen LogP) is 4.70. The van der Waals surface area contributed by atoms with E-state index in [0.717, 1.165) is 24.8 Å². The fourth-order valence-corrected chi connectivity index (χ4v) is 5.82. The van der Waals surface area contributed by atoms with E-state index in [1.165, 1.54) is 18.2 Å². The van der Waals surface area contributed by atoms with Gasteiger partial charge in [-0.2, -0.15) is 4.98 Å². The molecule has 0 spiro atoms. The number of aromatic nitrogens is 2. The Labute approximate surface area is 184 Å². The monoisotopic (exact) mass is 435 g/mol. The minimum atomic E-state index is -0.570. The summed E-state index contributed by atoms with van der Waals surface area (Å²) in [5, 5.41) is 4.20. The zero-order chi connectivity index (χ0) is 21.9. The molecule has 2 saturated carbocycles. The van der Waals surface area contributed by atoms with E-state index >= 15 is 0 Å². The van der Waals surface area contributed by atoms with Gasteiger partial charge in [-0.3, -0.25) is 4.79 Å². The maximum atomic E-state index is 14.2. The summed E-state index contributed by atoms with van der Waals surface area (Å²) in [7, 11) is 0. The van der Waals surface area contributed by atoms with Crippen LogP contribution in [0, 0.1) is 23.5 Å². The summed E-state index contributed by atoms with van der Waals surface area (Å²) < 4.78 is 34.1. The third-order valence-corrected chi connectivity index (χ3v) is 7.54. The highest BCUT2D eigenvalue weighted by molar-refractivity contribution is 5.83. The number of rotatable bonds is 4. The number of nitrogens with zero attached hydrogens (tertiary/aromatic N) is 3. The van der Waals surface area contributed by atoms with E-state index < -0.39 is 11.6 Å². The predicted molar refractivity (Wildman–Crippen MR) is 113 cm³/mol. The third kappa shape index (κ3) is 2.98. The largest absolute Gasteiger partial charge is 0.341 e. The molecule has 2 heterocycles. The summed E-state index contributed by atoms with van der Waals surface area (Å²) >= 11 is 0. The molecule has 3 aliphatic rings. The van der Waals surface area contributed by atoms with Gasteiger partial charge in [-0.15, -0.1) is 0 Å². The minimum absolute atomic E-state index is 0.0192. The first-order valence-electron chi connectivity index (χ1n) is 11.2. The van der Waals surface area contributed by atoms with Crippen molar-refractivity contribution in [1.82, 2.24) is 15.0 Å². The molecule has 0 N–H and O–H groups in total. The zero-order valence-corrected chi connectivity index (χ0v) is 17.5. The quantitative estimate of drug-likeness (QED) is 0.596. The van der Waals surface area contributed by atoms with Crippen LogP contribution in [0.15, 0.2) is 53.1 Å². The lowest BCUT2D eigenvalue weighted by Gasteiger charge is -2.24. The van der Waals surface area contributed by atoms with E-state index in [2.05, 4.69) is 5.16 Å². The van der Waals surface area contributed by atoms with Crippen molar-refractivity contribution >= 4 is 5.91 Å². The highest BCUT2D eigenvalue weighted by Gasteiger charge is 2.58. The number of hydrogen-bond donors (Lipinski definition) is 0. The Morgan fingerprint density at radius 3 is 2.66 bits per heavy atom. The standard InChI is InChI=1S/C25H23F2N3O2/c26-19-9-4-10-20(27)21(19)17-12-18(17)23(31)30-13-16-8-5-11-25(16,14-30)24-28-22(29-32-24)15-6-2-1-3-7-15/h1-4,6-7,9-10,16-18H,5,8,11-14H2/t16-,17+,18-,25-/m1/s1. The van der Waals surface area contributed by atoms with E-state index in [1.807, 2.05) is 35.2 Å². The van der Waals surface area contributed by atoms with E-state index in [1.54, 1.807) is 0 Å². The number of halogens is 2. The summed E-state index contributed by atoms with van der Waals surface area (Å²) in [4.78, 5) is 19.8. The Morgan fingerprint density at radius 1 is 1.09 bits per heavy atom. The second-order valence-electron chi connectivity index (χ2n) is 9.34. The average Bonchev–Trinajstić information content (AvgIpc) is 3.13. The molecule has 1 saturated heterocycles. The first-order valence-corrected chi connectivity index (χ1v) is 11.2. The number of carbonyl (C=O) groups is 1. The van der Waals surface area contributed by atoms with Crippen molar-refractivity contribution in [3.63, 3.8) is 0 Å². The fourth-order valence-electron chi connectivity index (χ4n) is 5.82. The zero-order valence-electron chi connectivity index (χ0n) is 17.5. The van der Waals surface area contributed by atoms with Crippen molar-refractivity contribution in [2.75, 3.05) is 13.1 Å². The lowest BCUT2D eigenvalue weighted by Crippen LogP contribution is -2.35. The molecule has 2 aliphatic carbocycles. The molecule has 1 amide bonds. The topological polar surface area (TPSA) is 59.2 Å². The molecule has 164 valence electrons. The van der Waals surface area contributed by atoms with Crippen molar-refractivity contribution in [3.8, 4) is 11.4 Å². The summed E-state index contributed by atoms with van der Waals surface area (Å²) in [6.07, 6.45) is 3.45. The number of amides is 1. The average molecular weight is 435 g/mol. The van der Waals surface area contributed by atoms with Crippen molar-refractivity contribution < 1.29 is 18.1 Å². The van der Waals surface area contributed by atoms with Crippen LogP contribution in [0.2, 0.25) is 0 Å². The molecule has 1 aliphatic heterocycles. The lowest BCUT2D eigenvalue weighted by atomic mass is 9.80. The summed E-state index contributed by atoms with van der Waals surface area (Å²) in [5.41, 5.74) is 0.611. The van der Waals surface area contributed by atoms with Crippen LogP contribution < -0.4 is 0 Å². The van der Waals surface area contributed by atoms with Crippen molar-refractivity contribution in [2.45, 2.75) is 37.0 Å². The van der Waals surface area contributed by atoms with E-state index in [-0.39, 0.29) is 34.6 Å². The van der Waals surface area contributed by atoms with Crippen LogP contribution in [0.3, 0.4) is 0 Å². The lowest BCUT2D eigenvalue weighted by molar-refractivity contribution is -0.132. The van der Waals surface area contributed by atoms with Crippen LogP contribution in [-0.2, 0) is 10.2 Å². The third-order valence-electron chi connectivity index (χ3n) is 7.54. The van der Waals surface area contributed by atoms with Gasteiger partial charge in [-0.25, -0.2) is 8.78 Å². The van der Waals surface area contributed by atoms with E-state index in [4.69, 9.17) is 9.51 Å².